The van der Waals surface area contributed by atoms with Crippen LogP contribution in [0.2, 0.25) is 0 Å². The van der Waals surface area contributed by atoms with Gasteiger partial charge in [0, 0.05) is 19.2 Å². The van der Waals surface area contributed by atoms with Gasteiger partial charge in [0.25, 0.3) is 0 Å². The summed E-state index contributed by atoms with van der Waals surface area (Å²) < 4.78 is 10.3. The highest BCUT2D eigenvalue weighted by atomic mass is 16.5. The zero-order valence-corrected chi connectivity index (χ0v) is 13.5. The van der Waals surface area contributed by atoms with E-state index in [1.807, 2.05) is 27.7 Å². The Morgan fingerprint density at radius 2 is 1.85 bits per heavy atom. The number of aliphatic hydroxyl groups is 1. The van der Waals surface area contributed by atoms with E-state index in [1.54, 1.807) is 14.0 Å². The van der Waals surface area contributed by atoms with Crippen molar-refractivity contribution in [2.45, 2.75) is 58.4 Å². The number of amides is 1. The largest absolute Gasteiger partial charge is 0.389 e. The summed E-state index contributed by atoms with van der Waals surface area (Å²) in [6.07, 6.45) is -0.713. The first-order valence-electron chi connectivity index (χ1n) is 6.99. The topological polar surface area (TPSA) is 79.8 Å². The summed E-state index contributed by atoms with van der Waals surface area (Å²) in [6, 6.07) is -0.361. The van der Waals surface area contributed by atoms with E-state index in [-0.39, 0.29) is 30.2 Å². The summed E-state index contributed by atoms with van der Waals surface area (Å²) in [4.78, 5) is 11.8. The minimum absolute atomic E-state index is 0.0590. The van der Waals surface area contributed by atoms with E-state index in [0.717, 1.165) is 0 Å². The van der Waals surface area contributed by atoms with Crippen LogP contribution in [0.4, 0.5) is 0 Å². The van der Waals surface area contributed by atoms with Crippen LogP contribution in [0.15, 0.2) is 0 Å². The Balaban J connectivity index is 3.88. The second-order valence-corrected chi connectivity index (χ2v) is 6.12. The van der Waals surface area contributed by atoms with Crippen LogP contribution in [-0.4, -0.2) is 61.7 Å². The predicted molar refractivity (Wildman–Crippen MR) is 78.7 cm³/mol. The monoisotopic (exact) mass is 290 g/mol. The molecule has 0 fully saturated rings. The summed E-state index contributed by atoms with van der Waals surface area (Å²) in [5.74, 6) is -0.0848. The van der Waals surface area contributed by atoms with Gasteiger partial charge < -0.3 is 25.2 Å². The molecule has 20 heavy (non-hydrogen) atoms. The lowest BCUT2D eigenvalue weighted by Gasteiger charge is -2.24. The zero-order chi connectivity index (χ0) is 15.8. The van der Waals surface area contributed by atoms with Crippen LogP contribution in [-0.2, 0) is 14.3 Å². The highest BCUT2D eigenvalue weighted by molar-refractivity contribution is 5.81. The maximum Gasteiger partial charge on any atom is 0.237 e. The molecule has 0 heterocycles. The Labute approximate surface area is 122 Å². The van der Waals surface area contributed by atoms with Crippen LogP contribution >= 0.6 is 0 Å². The van der Waals surface area contributed by atoms with Crippen molar-refractivity contribution in [2.24, 2.45) is 0 Å². The molecule has 0 bridgehead atoms. The molecule has 120 valence electrons. The van der Waals surface area contributed by atoms with Crippen molar-refractivity contribution in [2.75, 3.05) is 26.9 Å². The first-order chi connectivity index (χ1) is 9.15. The van der Waals surface area contributed by atoms with Gasteiger partial charge in [0.05, 0.1) is 31.5 Å². The average Bonchev–Trinajstić information content (AvgIpc) is 2.31. The number of carbonyl (C=O) groups excluding carboxylic acids is 1. The molecule has 6 nitrogen and oxygen atoms in total. The van der Waals surface area contributed by atoms with Crippen molar-refractivity contribution in [3.05, 3.63) is 0 Å². The van der Waals surface area contributed by atoms with Crippen LogP contribution < -0.4 is 10.6 Å². The third-order valence-electron chi connectivity index (χ3n) is 2.53. The second kappa shape index (κ2) is 9.28. The van der Waals surface area contributed by atoms with Crippen molar-refractivity contribution < 1.29 is 19.4 Å². The molecule has 0 saturated heterocycles. The minimum Gasteiger partial charge on any atom is -0.389 e. The Morgan fingerprint density at radius 3 is 2.35 bits per heavy atom. The van der Waals surface area contributed by atoms with E-state index < -0.39 is 6.10 Å². The van der Waals surface area contributed by atoms with Crippen LogP contribution in [0.25, 0.3) is 0 Å². The zero-order valence-electron chi connectivity index (χ0n) is 13.5. The molecule has 6 heteroatoms. The Bertz CT molecular complexity index is 279. The highest BCUT2D eigenvalue weighted by Gasteiger charge is 2.19. The molecule has 0 spiro atoms. The lowest BCUT2D eigenvalue weighted by molar-refractivity contribution is -0.124. The molecule has 3 atom stereocenters. The lowest BCUT2D eigenvalue weighted by atomic mass is 10.1. The van der Waals surface area contributed by atoms with Crippen LogP contribution in [0.3, 0.4) is 0 Å². The Morgan fingerprint density at radius 1 is 1.25 bits per heavy atom. The van der Waals surface area contributed by atoms with Crippen molar-refractivity contribution in [3.63, 3.8) is 0 Å². The maximum atomic E-state index is 11.8. The first-order valence-corrected chi connectivity index (χ1v) is 6.99. The molecule has 0 aliphatic carbocycles. The molecule has 1 amide bonds. The number of hydrogen-bond acceptors (Lipinski definition) is 5. The number of methoxy groups -OCH3 is 1. The molecule has 3 unspecified atom stereocenters. The maximum absolute atomic E-state index is 11.8. The van der Waals surface area contributed by atoms with Gasteiger partial charge in [-0.25, -0.2) is 0 Å². The number of nitrogens with one attached hydrogen (secondary N) is 2. The molecular weight excluding hydrogens is 260 g/mol. The number of carbonyl (C=O) groups is 1. The molecule has 0 saturated carbocycles. The summed E-state index contributed by atoms with van der Waals surface area (Å²) in [5, 5.41) is 15.6. The highest BCUT2D eigenvalue weighted by Crippen LogP contribution is 1.99. The fourth-order valence-electron chi connectivity index (χ4n) is 1.50. The van der Waals surface area contributed by atoms with Gasteiger partial charge in [0.15, 0.2) is 0 Å². The van der Waals surface area contributed by atoms with Crippen molar-refractivity contribution in [1.29, 1.82) is 0 Å². The van der Waals surface area contributed by atoms with Crippen LogP contribution in [0.5, 0.6) is 0 Å². The molecule has 3 N–H and O–H groups in total. The number of hydrogen-bond donors (Lipinski definition) is 3. The number of ether oxygens (including phenoxy) is 2. The summed E-state index contributed by atoms with van der Waals surface area (Å²) in [6.45, 7) is 10.4. The van der Waals surface area contributed by atoms with Crippen molar-refractivity contribution >= 4 is 5.91 Å². The minimum atomic E-state index is -0.654. The van der Waals surface area contributed by atoms with E-state index in [9.17, 15) is 9.90 Å². The molecule has 0 aromatic rings. The van der Waals surface area contributed by atoms with Gasteiger partial charge in [0.1, 0.15) is 0 Å². The number of rotatable bonds is 9. The van der Waals surface area contributed by atoms with Gasteiger partial charge >= 0.3 is 0 Å². The molecule has 0 aromatic carbocycles. The van der Waals surface area contributed by atoms with E-state index in [2.05, 4.69) is 10.6 Å². The summed E-state index contributed by atoms with van der Waals surface area (Å²) in [5.41, 5.74) is -0.260. The summed E-state index contributed by atoms with van der Waals surface area (Å²) >= 11 is 0. The van der Waals surface area contributed by atoms with Gasteiger partial charge in [-0.2, -0.15) is 0 Å². The first kappa shape index (κ1) is 19.3. The average molecular weight is 290 g/mol. The quantitative estimate of drug-likeness (QED) is 0.569. The van der Waals surface area contributed by atoms with E-state index in [0.29, 0.717) is 13.2 Å². The van der Waals surface area contributed by atoms with Gasteiger partial charge in [-0.05, 0) is 34.6 Å². The summed E-state index contributed by atoms with van der Waals surface area (Å²) in [7, 11) is 1.60. The van der Waals surface area contributed by atoms with Crippen molar-refractivity contribution in [1.82, 2.24) is 10.6 Å². The smallest absolute Gasteiger partial charge is 0.237 e. The molecule has 0 rings (SSSR count). The van der Waals surface area contributed by atoms with Gasteiger partial charge in [-0.3, -0.25) is 4.79 Å². The fraction of sp³-hybridized carbons (Fsp3) is 0.929. The molecular formula is C14H30N2O4. The van der Waals surface area contributed by atoms with Crippen LogP contribution in [0.1, 0.15) is 34.6 Å². The van der Waals surface area contributed by atoms with E-state index >= 15 is 0 Å². The standard InChI is InChI=1S/C14H30N2O4/c1-10(8-19-6)20-9-12(17)7-15-11(2)13(18)16-14(3,4)5/h10-12,15,17H,7-9H2,1-6H3,(H,16,18). The molecule has 0 aliphatic heterocycles. The molecule has 0 aliphatic rings. The third kappa shape index (κ3) is 10.1. The molecule has 0 aromatic heterocycles. The van der Waals surface area contributed by atoms with Crippen LogP contribution in [0, 0.1) is 0 Å². The normalized spacial score (nSPS) is 16.6. The lowest BCUT2D eigenvalue weighted by Crippen LogP contribution is -2.51. The fourth-order valence-corrected chi connectivity index (χ4v) is 1.50. The van der Waals surface area contributed by atoms with E-state index in [1.165, 1.54) is 0 Å². The second-order valence-electron chi connectivity index (χ2n) is 6.12. The molecule has 0 radical (unpaired) electrons. The third-order valence-corrected chi connectivity index (χ3v) is 2.53. The van der Waals surface area contributed by atoms with Gasteiger partial charge in [0.2, 0.25) is 5.91 Å². The van der Waals surface area contributed by atoms with E-state index in [4.69, 9.17) is 9.47 Å². The van der Waals surface area contributed by atoms with Gasteiger partial charge in [-0.1, -0.05) is 0 Å². The number of aliphatic hydroxyl groups excluding tert-OH is 1. The van der Waals surface area contributed by atoms with Crippen molar-refractivity contribution in [3.8, 4) is 0 Å². The predicted octanol–water partition coefficient (Wildman–Crippen LogP) is 0.292. The Hall–Kier alpha value is -0.690. The Kier molecular flexibility index (Phi) is 8.96. The van der Waals surface area contributed by atoms with Gasteiger partial charge in [-0.15, -0.1) is 0 Å². The SMILES string of the molecule is COCC(C)OCC(O)CNC(C)C(=O)NC(C)(C)C.